The van der Waals surface area contributed by atoms with Gasteiger partial charge in [0.2, 0.25) is 0 Å². The predicted octanol–water partition coefficient (Wildman–Crippen LogP) is 2.95. The number of halogens is 3. The molecule has 0 aromatic heterocycles. The number of hydrogen-bond donors (Lipinski definition) is 2. The predicted molar refractivity (Wildman–Crippen MR) is 104 cm³/mol. The Kier molecular flexibility index (Phi) is 8.47. The third-order valence-electron chi connectivity index (χ3n) is 3.68. The van der Waals surface area contributed by atoms with Gasteiger partial charge in [-0.1, -0.05) is 28.9 Å². The second-order valence-corrected chi connectivity index (χ2v) is 6.16. The molecule has 10 heteroatoms. The van der Waals surface area contributed by atoms with Crippen molar-refractivity contribution >= 4 is 23.3 Å². The van der Waals surface area contributed by atoms with Crippen LogP contribution in [-0.4, -0.2) is 38.6 Å². The van der Waals surface area contributed by atoms with Crippen LogP contribution < -0.4 is 20.5 Å². The largest absolute Gasteiger partial charge is 0.493 e. The number of benzene rings is 2. The Morgan fingerprint density at radius 1 is 1.21 bits per heavy atom. The van der Waals surface area contributed by atoms with Crippen molar-refractivity contribution in [1.82, 2.24) is 5.32 Å². The molecule has 0 aliphatic rings. The molecule has 1 amide bonds. The number of nitrogens with one attached hydrogen (secondary N) is 1. The van der Waals surface area contributed by atoms with E-state index < -0.39 is 6.61 Å². The first-order valence-corrected chi connectivity index (χ1v) is 8.86. The lowest BCUT2D eigenvalue weighted by atomic mass is 10.1. The number of carbonyl (C=O) groups excluding carboxylic acids is 1. The molecule has 3 N–H and O–H groups in total. The lowest BCUT2D eigenvalue weighted by Crippen LogP contribution is -2.29. The summed E-state index contributed by atoms with van der Waals surface area (Å²) in [6.45, 7) is -2.89. The maximum Gasteiger partial charge on any atom is 0.387 e. The number of amides is 1. The highest BCUT2D eigenvalue weighted by molar-refractivity contribution is 6.30. The van der Waals surface area contributed by atoms with Crippen molar-refractivity contribution in [3.8, 4) is 11.5 Å². The SMILES string of the molecule is COc1cc(/C(N)=N/OCC(=O)NCCc2ccc(Cl)cc2)ccc1OC(F)F. The Bertz CT molecular complexity index is 848. The fourth-order valence-corrected chi connectivity index (χ4v) is 2.41. The molecule has 7 nitrogen and oxygen atoms in total. The van der Waals surface area contributed by atoms with Crippen LogP contribution >= 0.6 is 11.6 Å². The van der Waals surface area contributed by atoms with Crippen molar-refractivity contribution in [3.05, 3.63) is 58.6 Å². The fraction of sp³-hybridized carbons (Fsp3) is 0.263. The van der Waals surface area contributed by atoms with Gasteiger partial charge in [-0.2, -0.15) is 8.78 Å². The van der Waals surface area contributed by atoms with Crippen molar-refractivity contribution in [2.45, 2.75) is 13.0 Å². The first-order valence-electron chi connectivity index (χ1n) is 8.49. The lowest BCUT2D eigenvalue weighted by Gasteiger charge is -2.11. The van der Waals surface area contributed by atoms with Gasteiger partial charge in [-0.05, 0) is 42.3 Å². The molecule has 29 heavy (non-hydrogen) atoms. The molecule has 0 aliphatic carbocycles. The van der Waals surface area contributed by atoms with Crippen molar-refractivity contribution in [1.29, 1.82) is 0 Å². The fourth-order valence-electron chi connectivity index (χ4n) is 2.28. The molecule has 2 aromatic rings. The van der Waals surface area contributed by atoms with Gasteiger partial charge in [0.15, 0.2) is 23.9 Å². The van der Waals surface area contributed by atoms with Crippen LogP contribution in [0.5, 0.6) is 11.5 Å². The Morgan fingerprint density at radius 2 is 1.93 bits per heavy atom. The Labute approximate surface area is 171 Å². The second kappa shape index (κ2) is 11.1. The molecule has 156 valence electrons. The molecule has 0 heterocycles. The van der Waals surface area contributed by atoms with Gasteiger partial charge in [-0.15, -0.1) is 0 Å². The van der Waals surface area contributed by atoms with E-state index in [-0.39, 0.29) is 29.8 Å². The summed E-state index contributed by atoms with van der Waals surface area (Å²) >= 11 is 5.82. The monoisotopic (exact) mass is 427 g/mol. The summed E-state index contributed by atoms with van der Waals surface area (Å²) in [7, 11) is 1.30. The van der Waals surface area contributed by atoms with E-state index in [1.54, 1.807) is 12.1 Å². The van der Waals surface area contributed by atoms with E-state index in [4.69, 9.17) is 26.9 Å². The van der Waals surface area contributed by atoms with Crippen molar-refractivity contribution in [2.75, 3.05) is 20.3 Å². The molecule has 2 aromatic carbocycles. The molecule has 0 unspecified atom stereocenters. The first kappa shape index (κ1) is 22.2. The van der Waals surface area contributed by atoms with Crippen LogP contribution in [0, 0.1) is 0 Å². The summed E-state index contributed by atoms with van der Waals surface area (Å²) < 4.78 is 34.0. The number of amidine groups is 1. The molecule has 0 radical (unpaired) electrons. The van der Waals surface area contributed by atoms with E-state index in [1.165, 1.54) is 25.3 Å². The van der Waals surface area contributed by atoms with Crippen LogP contribution in [0.4, 0.5) is 8.78 Å². The van der Waals surface area contributed by atoms with E-state index in [2.05, 4.69) is 15.2 Å². The van der Waals surface area contributed by atoms with Crippen LogP contribution in [0.25, 0.3) is 0 Å². The van der Waals surface area contributed by atoms with Crippen LogP contribution in [-0.2, 0) is 16.1 Å². The number of hydrogen-bond acceptors (Lipinski definition) is 5. The molecule has 0 atom stereocenters. The minimum Gasteiger partial charge on any atom is -0.493 e. The number of alkyl halides is 2. The summed E-state index contributed by atoms with van der Waals surface area (Å²) in [4.78, 5) is 16.7. The van der Waals surface area contributed by atoms with Crippen LogP contribution in [0.3, 0.4) is 0 Å². The summed E-state index contributed by atoms with van der Waals surface area (Å²) in [5.74, 6) is -0.504. The number of oxime groups is 1. The third kappa shape index (κ3) is 7.46. The van der Waals surface area contributed by atoms with Crippen LogP contribution in [0.1, 0.15) is 11.1 Å². The highest BCUT2D eigenvalue weighted by Gasteiger charge is 2.12. The number of ether oxygens (including phenoxy) is 2. The van der Waals surface area contributed by atoms with E-state index >= 15 is 0 Å². The standard InChI is InChI=1S/C19H20ClF2N3O4/c1-27-16-10-13(4-7-15(16)29-19(21)22)18(23)25-28-11-17(26)24-9-8-12-2-5-14(20)6-3-12/h2-7,10,19H,8-9,11H2,1H3,(H2,23,25)(H,24,26). The molecule has 0 saturated heterocycles. The van der Waals surface area contributed by atoms with Gasteiger partial charge in [0.05, 0.1) is 7.11 Å². The maximum absolute atomic E-state index is 12.3. The van der Waals surface area contributed by atoms with E-state index in [0.717, 1.165) is 5.56 Å². The summed E-state index contributed by atoms with van der Waals surface area (Å²) in [5.41, 5.74) is 7.17. The van der Waals surface area contributed by atoms with E-state index in [1.807, 2.05) is 12.1 Å². The minimum absolute atomic E-state index is 0.0548. The maximum atomic E-state index is 12.3. The van der Waals surface area contributed by atoms with Crippen LogP contribution in [0.2, 0.25) is 5.02 Å². The molecular weight excluding hydrogens is 408 g/mol. The Balaban J connectivity index is 1.81. The van der Waals surface area contributed by atoms with Crippen molar-refractivity contribution in [2.24, 2.45) is 10.9 Å². The van der Waals surface area contributed by atoms with Gasteiger partial charge in [-0.25, -0.2) is 0 Å². The number of nitrogens with zero attached hydrogens (tertiary/aromatic N) is 1. The zero-order valence-corrected chi connectivity index (χ0v) is 16.3. The lowest BCUT2D eigenvalue weighted by molar-refractivity contribution is -0.125. The molecule has 0 fully saturated rings. The minimum atomic E-state index is -2.98. The summed E-state index contributed by atoms with van der Waals surface area (Å²) in [6.07, 6.45) is 0.640. The Hall–Kier alpha value is -3.07. The first-order chi connectivity index (χ1) is 13.9. The smallest absolute Gasteiger partial charge is 0.387 e. The molecule has 0 bridgehead atoms. The Morgan fingerprint density at radius 3 is 2.59 bits per heavy atom. The van der Waals surface area contributed by atoms with Gasteiger partial charge in [-0.3, -0.25) is 4.79 Å². The van der Waals surface area contributed by atoms with Crippen LogP contribution in [0.15, 0.2) is 47.6 Å². The summed E-state index contributed by atoms with van der Waals surface area (Å²) in [6, 6.07) is 11.4. The average molecular weight is 428 g/mol. The van der Waals surface area contributed by atoms with Gasteiger partial charge >= 0.3 is 6.61 Å². The number of nitrogens with two attached hydrogens (primary N) is 1. The molecule has 0 aliphatic heterocycles. The zero-order valence-electron chi connectivity index (χ0n) is 15.5. The van der Waals surface area contributed by atoms with Crippen molar-refractivity contribution in [3.63, 3.8) is 0 Å². The summed E-state index contributed by atoms with van der Waals surface area (Å²) in [5, 5.41) is 6.99. The number of methoxy groups -OCH3 is 1. The molecular formula is C19H20ClF2N3O4. The zero-order chi connectivity index (χ0) is 21.2. The topological polar surface area (TPSA) is 95.2 Å². The van der Waals surface area contributed by atoms with Gasteiger partial charge in [0, 0.05) is 17.1 Å². The second-order valence-electron chi connectivity index (χ2n) is 5.72. The van der Waals surface area contributed by atoms with Gasteiger partial charge in [0.1, 0.15) is 0 Å². The third-order valence-corrected chi connectivity index (χ3v) is 3.94. The number of carbonyl (C=O) groups is 1. The molecule has 0 saturated carbocycles. The quantitative estimate of drug-likeness (QED) is 0.345. The molecule has 2 rings (SSSR count). The highest BCUT2D eigenvalue weighted by Crippen LogP contribution is 2.29. The normalized spacial score (nSPS) is 11.3. The van der Waals surface area contributed by atoms with Gasteiger partial charge < -0.3 is 25.4 Å². The molecule has 0 spiro atoms. The highest BCUT2D eigenvalue weighted by atomic mass is 35.5. The van der Waals surface area contributed by atoms with E-state index in [0.29, 0.717) is 23.6 Å². The average Bonchev–Trinajstić information content (AvgIpc) is 2.69. The van der Waals surface area contributed by atoms with E-state index in [9.17, 15) is 13.6 Å². The van der Waals surface area contributed by atoms with Gasteiger partial charge in [0.25, 0.3) is 5.91 Å². The van der Waals surface area contributed by atoms with Crippen molar-refractivity contribution < 1.29 is 27.9 Å². The number of rotatable bonds is 10.